The molecule has 0 spiro atoms. The molecule has 106 valence electrons. The topological polar surface area (TPSA) is 52.6 Å². The van der Waals surface area contributed by atoms with Gasteiger partial charge in [-0.05, 0) is 19.4 Å². The van der Waals surface area contributed by atoms with Crippen LogP contribution in [0.4, 0.5) is 0 Å². The Balaban J connectivity index is 1.89. The van der Waals surface area contributed by atoms with Crippen LogP contribution in [0.1, 0.15) is 26.2 Å². The molecule has 0 aromatic carbocycles. The highest BCUT2D eigenvalue weighted by atomic mass is 32.2. The van der Waals surface area contributed by atoms with Crippen molar-refractivity contribution in [1.82, 2.24) is 14.5 Å². The zero-order valence-corrected chi connectivity index (χ0v) is 12.2. The van der Waals surface area contributed by atoms with E-state index in [0.29, 0.717) is 25.2 Å². The summed E-state index contributed by atoms with van der Waals surface area (Å²) in [6.07, 6.45) is 5.09. The lowest BCUT2D eigenvalue weighted by Crippen LogP contribution is -2.55. The average Bonchev–Trinajstić information content (AvgIpc) is 2.77. The molecule has 2 atom stereocenters. The Morgan fingerprint density at radius 3 is 2.39 bits per heavy atom. The van der Waals surface area contributed by atoms with Crippen LogP contribution in [0.5, 0.6) is 0 Å². The van der Waals surface area contributed by atoms with Crippen molar-refractivity contribution in [2.24, 2.45) is 0 Å². The van der Waals surface area contributed by atoms with E-state index >= 15 is 0 Å². The Morgan fingerprint density at radius 1 is 1.17 bits per heavy atom. The van der Waals surface area contributed by atoms with Crippen LogP contribution in [0.2, 0.25) is 0 Å². The Morgan fingerprint density at radius 2 is 1.83 bits per heavy atom. The summed E-state index contributed by atoms with van der Waals surface area (Å²) < 4.78 is 24.6. The highest BCUT2D eigenvalue weighted by Crippen LogP contribution is 2.25. The molecular formula is C12H25N3O2S. The minimum absolute atomic E-state index is 0.597. The molecule has 0 bridgehead atoms. The summed E-state index contributed by atoms with van der Waals surface area (Å²) in [4.78, 5) is 2.47. The van der Waals surface area contributed by atoms with Crippen molar-refractivity contribution in [1.29, 1.82) is 0 Å². The molecule has 1 saturated carbocycles. The van der Waals surface area contributed by atoms with Gasteiger partial charge < -0.3 is 5.32 Å². The summed E-state index contributed by atoms with van der Waals surface area (Å²) in [6.45, 7) is 6.21. The molecule has 1 heterocycles. The summed E-state index contributed by atoms with van der Waals surface area (Å²) >= 11 is 0. The first-order valence-electron chi connectivity index (χ1n) is 6.95. The molecule has 0 amide bonds. The number of sulfonamides is 1. The number of likely N-dealkylation sites (N-methyl/N-ethyl adjacent to an activating group) is 1. The fraction of sp³-hybridized carbons (Fsp3) is 1.00. The Hall–Kier alpha value is -0.170. The van der Waals surface area contributed by atoms with Gasteiger partial charge in [-0.2, -0.15) is 4.31 Å². The number of nitrogens with zero attached hydrogens (tertiary/aromatic N) is 2. The van der Waals surface area contributed by atoms with E-state index in [1.807, 2.05) is 0 Å². The van der Waals surface area contributed by atoms with Crippen LogP contribution in [-0.4, -0.2) is 68.7 Å². The quantitative estimate of drug-likeness (QED) is 0.790. The second kappa shape index (κ2) is 5.86. The predicted molar refractivity (Wildman–Crippen MR) is 73.1 cm³/mol. The van der Waals surface area contributed by atoms with Crippen LogP contribution in [0.25, 0.3) is 0 Å². The predicted octanol–water partition coefficient (Wildman–Crippen LogP) is 0.0942. The van der Waals surface area contributed by atoms with Crippen LogP contribution in [0.15, 0.2) is 0 Å². The zero-order chi connectivity index (χ0) is 13.2. The van der Waals surface area contributed by atoms with Crippen molar-refractivity contribution in [3.63, 3.8) is 0 Å². The summed E-state index contributed by atoms with van der Waals surface area (Å²) in [5, 5.41) is 3.56. The molecule has 2 aliphatic rings. The summed E-state index contributed by atoms with van der Waals surface area (Å²) in [5.41, 5.74) is 0. The van der Waals surface area contributed by atoms with Crippen LogP contribution in [0, 0.1) is 0 Å². The maximum absolute atomic E-state index is 11.5. The molecule has 1 aliphatic heterocycles. The van der Waals surface area contributed by atoms with E-state index in [0.717, 1.165) is 19.6 Å². The Bertz CT molecular complexity index is 364. The van der Waals surface area contributed by atoms with Crippen molar-refractivity contribution in [3.05, 3.63) is 0 Å². The van der Waals surface area contributed by atoms with Crippen molar-refractivity contribution in [3.8, 4) is 0 Å². The summed E-state index contributed by atoms with van der Waals surface area (Å²) in [5.74, 6) is 0. The third-order valence-electron chi connectivity index (χ3n) is 4.16. The van der Waals surface area contributed by atoms with E-state index in [-0.39, 0.29) is 0 Å². The van der Waals surface area contributed by atoms with E-state index in [9.17, 15) is 8.42 Å². The largest absolute Gasteiger partial charge is 0.313 e. The van der Waals surface area contributed by atoms with Gasteiger partial charge in [-0.15, -0.1) is 0 Å². The Labute approximate surface area is 111 Å². The maximum atomic E-state index is 11.5. The third kappa shape index (κ3) is 3.23. The maximum Gasteiger partial charge on any atom is 0.211 e. The lowest BCUT2D eigenvalue weighted by molar-refractivity contribution is 0.123. The second-order valence-corrected chi connectivity index (χ2v) is 7.34. The monoisotopic (exact) mass is 275 g/mol. The van der Waals surface area contributed by atoms with E-state index in [2.05, 4.69) is 17.1 Å². The Kier molecular flexibility index (Phi) is 4.64. The molecule has 6 heteroatoms. The van der Waals surface area contributed by atoms with Crippen molar-refractivity contribution in [2.75, 3.05) is 39.0 Å². The van der Waals surface area contributed by atoms with Gasteiger partial charge in [-0.25, -0.2) is 8.42 Å². The number of hydrogen-bond donors (Lipinski definition) is 1. The van der Waals surface area contributed by atoms with Gasteiger partial charge in [0.15, 0.2) is 0 Å². The lowest BCUT2D eigenvalue weighted by Gasteiger charge is -2.39. The average molecular weight is 275 g/mol. The lowest BCUT2D eigenvalue weighted by atomic mass is 10.1. The molecule has 18 heavy (non-hydrogen) atoms. The minimum atomic E-state index is -3.01. The van der Waals surface area contributed by atoms with Gasteiger partial charge in [0.1, 0.15) is 0 Å². The molecule has 0 aromatic heterocycles. The smallest absolute Gasteiger partial charge is 0.211 e. The van der Waals surface area contributed by atoms with Gasteiger partial charge in [0, 0.05) is 38.3 Å². The van der Waals surface area contributed by atoms with Gasteiger partial charge in [0.2, 0.25) is 10.0 Å². The number of nitrogens with one attached hydrogen (secondary N) is 1. The molecule has 5 nitrogen and oxygen atoms in total. The van der Waals surface area contributed by atoms with Crippen molar-refractivity contribution < 1.29 is 8.42 Å². The normalized spacial score (nSPS) is 31.9. The zero-order valence-electron chi connectivity index (χ0n) is 11.4. The van der Waals surface area contributed by atoms with Gasteiger partial charge in [0.25, 0.3) is 0 Å². The fourth-order valence-corrected chi connectivity index (χ4v) is 4.07. The van der Waals surface area contributed by atoms with E-state index in [1.54, 1.807) is 4.31 Å². The summed E-state index contributed by atoms with van der Waals surface area (Å²) in [6, 6.07) is 1.20. The van der Waals surface area contributed by atoms with E-state index < -0.39 is 10.0 Å². The molecule has 2 fully saturated rings. The minimum Gasteiger partial charge on any atom is -0.313 e. The van der Waals surface area contributed by atoms with Gasteiger partial charge >= 0.3 is 0 Å². The van der Waals surface area contributed by atoms with Crippen molar-refractivity contribution >= 4 is 10.0 Å². The van der Waals surface area contributed by atoms with Gasteiger partial charge in [-0.1, -0.05) is 13.3 Å². The molecule has 1 N–H and O–H groups in total. The standard InChI is InChI=1S/C12H25N3O2S/c1-3-13-11-5-4-6-12(11)14-7-9-15(10-8-14)18(2,16)17/h11-13H,3-10H2,1-2H3. The number of rotatable bonds is 4. The third-order valence-corrected chi connectivity index (χ3v) is 5.46. The van der Waals surface area contributed by atoms with Crippen molar-refractivity contribution in [2.45, 2.75) is 38.3 Å². The molecule has 2 rings (SSSR count). The first-order chi connectivity index (χ1) is 8.52. The first kappa shape index (κ1) is 14.2. The molecule has 0 aromatic rings. The fourth-order valence-electron chi connectivity index (χ4n) is 3.24. The first-order valence-corrected chi connectivity index (χ1v) is 8.79. The molecular weight excluding hydrogens is 250 g/mol. The number of hydrogen-bond acceptors (Lipinski definition) is 4. The van der Waals surface area contributed by atoms with Crippen LogP contribution >= 0.6 is 0 Å². The molecule has 1 saturated heterocycles. The van der Waals surface area contributed by atoms with E-state index in [1.165, 1.54) is 25.5 Å². The summed E-state index contributed by atoms with van der Waals surface area (Å²) in [7, 11) is -3.01. The van der Waals surface area contributed by atoms with Crippen LogP contribution in [0.3, 0.4) is 0 Å². The number of piperazine rings is 1. The molecule has 0 radical (unpaired) electrons. The highest BCUT2D eigenvalue weighted by Gasteiger charge is 2.34. The van der Waals surface area contributed by atoms with Gasteiger partial charge in [-0.3, -0.25) is 4.90 Å². The highest BCUT2D eigenvalue weighted by molar-refractivity contribution is 7.88. The second-order valence-electron chi connectivity index (χ2n) is 5.36. The van der Waals surface area contributed by atoms with E-state index in [4.69, 9.17) is 0 Å². The van der Waals surface area contributed by atoms with Crippen LogP contribution in [-0.2, 0) is 10.0 Å². The van der Waals surface area contributed by atoms with Crippen LogP contribution < -0.4 is 5.32 Å². The van der Waals surface area contributed by atoms with Gasteiger partial charge in [0.05, 0.1) is 6.26 Å². The molecule has 2 unspecified atom stereocenters. The SMILES string of the molecule is CCNC1CCCC1N1CCN(S(C)(=O)=O)CC1. The molecule has 1 aliphatic carbocycles.